The quantitative estimate of drug-likeness (QED) is 0.852. The number of nitrogens with one attached hydrogen (secondary N) is 1. The lowest BCUT2D eigenvalue weighted by molar-refractivity contribution is 0.524. The average molecular weight is 251 g/mol. The highest BCUT2D eigenvalue weighted by molar-refractivity contribution is 5.29. The summed E-state index contributed by atoms with van der Waals surface area (Å²) in [6.07, 6.45) is 2.45. The maximum atomic E-state index is 3.55. The molecule has 0 saturated carbocycles. The summed E-state index contributed by atoms with van der Waals surface area (Å²) in [6.45, 7) is 2.26. The molecule has 1 aliphatic heterocycles. The third-order valence-electron chi connectivity index (χ3n) is 4.21. The smallest absolute Gasteiger partial charge is 0.00429 e. The molecule has 0 radical (unpaired) electrons. The van der Waals surface area contributed by atoms with E-state index in [1.807, 2.05) is 0 Å². The molecule has 0 bridgehead atoms. The van der Waals surface area contributed by atoms with Crippen LogP contribution >= 0.6 is 0 Å². The van der Waals surface area contributed by atoms with E-state index in [9.17, 15) is 0 Å². The van der Waals surface area contributed by atoms with Crippen molar-refractivity contribution in [2.75, 3.05) is 13.1 Å². The topological polar surface area (TPSA) is 12.0 Å². The van der Waals surface area contributed by atoms with Gasteiger partial charge in [-0.2, -0.15) is 0 Å². The van der Waals surface area contributed by atoms with E-state index < -0.39 is 0 Å². The third kappa shape index (κ3) is 2.87. The molecule has 1 nitrogen and oxygen atoms in total. The Morgan fingerprint density at radius 2 is 1.05 bits per heavy atom. The van der Waals surface area contributed by atoms with E-state index in [1.165, 1.54) is 24.0 Å². The molecule has 1 heteroatoms. The Hall–Kier alpha value is -1.60. The van der Waals surface area contributed by atoms with Gasteiger partial charge < -0.3 is 5.32 Å². The van der Waals surface area contributed by atoms with Crippen molar-refractivity contribution in [2.24, 2.45) is 0 Å². The van der Waals surface area contributed by atoms with Crippen molar-refractivity contribution < 1.29 is 0 Å². The van der Waals surface area contributed by atoms with Crippen molar-refractivity contribution >= 4 is 0 Å². The summed E-state index contributed by atoms with van der Waals surface area (Å²) < 4.78 is 0. The molecule has 0 amide bonds. The third-order valence-corrected chi connectivity index (χ3v) is 4.21. The molecule has 0 aromatic heterocycles. The number of benzene rings is 2. The molecule has 1 fully saturated rings. The first kappa shape index (κ1) is 12.4. The summed E-state index contributed by atoms with van der Waals surface area (Å²) in [5, 5.41) is 3.55. The molecule has 0 spiro atoms. The fourth-order valence-electron chi connectivity index (χ4n) is 3.24. The molecule has 0 unspecified atom stereocenters. The van der Waals surface area contributed by atoms with E-state index in [2.05, 4.69) is 66.0 Å². The Bertz CT molecular complexity index is 444. The molecular weight excluding hydrogens is 230 g/mol. The number of hydrogen-bond donors (Lipinski definition) is 1. The van der Waals surface area contributed by atoms with E-state index in [4.69, 9.17) is 0 Å². The minimum Gasteiger partial charge on any atom is -0.317 e. The summed E-state index contributed by atoms with van der Waals surface area (Å²) in [5.74, 6) is 1.28. The van der Waals surface area contributed by atoms with Crippen LogP contribution < -0.4 is 5.32 Å². The lowest BCUT2D eigenvalue weighted by atomic mass is 9.78. The fraction of sp³-hybridized carbons (Fsp3) is 0.333. The van der Waals surface area contributed by atoms with Crippen LogP contribution in [0.1, 0.15) is 35.8 Å². The maximum absolute atomic E-state index is 3.55. The number of rotatable bonds is 2. The molecule has 3 rings (SSSR count). The molecule has 1 N–H and O–H groups in total. The zero-order valence-corrected chi connectivity index (χ0v) is 11.3. The van der Waals surface area contributed by atoms with E-state index >= 15 is 0 Å². The van der Waals surface area contributed by atoms with E-state index in [1.54, 1.807) is 0 Å². The lowest BCUT2D eigenvalue weighted by Gasteiger charge is -2.25. The van der Waals surface area contributed by atoms with Crippen molar-refractivity contribution in [3.63, 3.8) is 0 Å². The van der Waals surface area contributed by atoms with Gasteiger partial charge in [0.1, 0.15) is 0 Å². The first-order valence-electron chi connectivity index (χ1n) is 7.26. The summed E-state index contributed by atoms with van der Waals surface area (Å²) in [4.78, 5) is 0. The van der Waals surface area contributed by atoms with Crippen molar-refractivity contribution in [3.8, 4) is 0 Å². The van der Waals surface area contributed by atoms with Crippen LogP contribution in [-0.2, 0) is 0 Å². The maximum Gasteiger partial charge on any atom is -0.00429 e. The van der Waals surface area contributed by atoms with Gasteiger partial charge in [-0.15, -0.1) is 0 Å². The first-order chi connectivity index (χ1) is 9.45. The van der Waals surface area contributed by atoms with Gasteiger partial charge in [0, 0.05) is 0 Å². The molecule has 1 saturated heterocycles. The molecule has 1 aliphatic rings. The second-order valence-corrected chi connectivity index (χ2v) is 5.36. The van der Waals surface area contributed by atoms with Crippen molar-refractivity contribution in [2.45, 2.75) is 24.7 Å². The van der Waals surface area contributed by atoms with Crippen molar-refractivity contribution in [1.29, 1.82) is 0 Å². The van der Waals surface area contributed by atoms with Gasteiger partial charge in [-0.05, 0) is 48.9 Å². The monoisotopic (exact) mass is 251 g/mol. The van der Waals surface area contributed by atoms with Crippen LogP contribution in [0.5, 0.6) is 0 Å². The Balaban J connectivity index is 1.94. The van der Waals surface area contributed by atoms with Gasteiger partial charge in [0.15, 0.2) is 0 Å². The Kier molecular flexibility index (Phi) is 3.95. The minimum atomic E-state index is 0.638. The minimum absolute atomic E-state index is 0.638. The highest BCUT2D eigenvalue weighted by Crippen LogP contribution is 2.38. The predicted molar refractivity (Wildman–Crippen MR) is 80.5 cm³/mol. The number of hydrogen-bond acceptors (Lipinski definition) is 1. The molecule has 98 valence electrons. The average Bonchev–Trinajstić information content (AvgIpc) is 2.75. The van der Waals surface area contributed by atoms with E-state index in [0.717, 1.165) is 13.1 Å². The highest BCUT2D eigenvalue weighted by Gasteiger charge is 2.25. The van der Waals surface area contributed by atoms with Gasteiger partial charge in [-0.25, -0.2) is 0 Å². The Labute approximate surface area is 115 Å². The molecule has 2 aromatic carbocycles. The molecule has 19 heavy (non-hydrogen) atoms. The van der Waals surface area contributed by atoms with E-state index in [0.29, 0.717) is 11.8 Å². The first-order valence-corrected chi connectivity index (χ1v) is 7.26. The van der Waals surface area contributed by atoms with Crippen LogP contribution in [0.3, 0.4) is 0 Å². The van der Waals surface area contributed by atoms with Crippen molar-refractivity contribution in [1.82, 2.24) is 5.32 Å². The lowest BCUT2D eigenvalue weighted by Crippen LogP contribution is -2.13. The Morgan fingerprint density at radius 1 is 0.632 bits per heavy atom. The second kappa shape index (κ2) is 6.03. The van der Waals surface area contributed by atoms with Crippen LogP contribution in [0, 0.1) is 0 Å². The van der Waals surface area contributed by atoms with Gasteiger partial charge in [0.05, 0.1) is 0 Å². The van der Waals surface area contributed by atoms with Crippen LogP contribution in [0.15, 0.2) is 60.7 Å². The van der Waals surface area contributed by atoms with Gasteiger partial charge >= 0.3 is 0 Å². The molecule has 0 aliphatic carbocycles. The normalized spacial score (nSPS) is 23.8. The van der Waals surface area contributed by atoms with E-state index in [-0.39, 0.29) is 0 Å². The van der Waals surface area contributed by atoms with Gasteiger partial charge in [-0.3, -0.25) is 0 Å². The van der Waals surface area contributed by atoms with Gasteiger partial charge in [0.2, 0.25) is 0 Å². The second-order valence-electron chi connectivity index (χ2n) is 5.36. The zero-order chi connectivity index (χ0) is 12.9. The van der Waals surface area contributed by atoms with Gasteiger partial charge in [0.25, 0.3) is 0 Å². The standard InChI is InChI=1S/C18H21N/c1-3-7-15(8-4-1)17-11-13-19-14-12-18(17)16-9-5-2-6-10-16/h1-10,17-19H,11-14H2/t17-,18-/m0/s1. The zero-order valence-electron chi connectivity index (χ0n) is 11.3. The summed E-state index contributed by atoms with van der Waals surface area (Å²) in [5.41, 5.74) is 2.97. The SMILES string of the molecule is c1ccc([C@@H]2CCNCC[C@H]2c2ccccc2)cc1. The molecular formula is C18H21N. The molecule has 2 atom stereocenters. The summed E-state index contributed by atoms with van der Waals surface area (Å²) >= 11 is 0. The molecule has 1 heterocycles. The summed E-state index contributed by atoms with van der Waals surface area (Å²) in [6, 6.07) is 22.0. The summed E-state index contributed by atoms with van der Waals surface area (Å²) in [7, 11) is 0. The fourth-order valence-corrected chi connectivity index (χ4v) is 3.24. The van der Waals surface area contributed by atoms with Crippen LogP contribution in [0.2, 0.25) is 0 Å². The highest BCUT2D eigenvalue weighted by atomic mass is 14.9. The molecule has 2 aromatic rings. The largest absolute Gasteiger partial charge is 0.317 e. The predicted octanol–water partition coefficient (Wildman–Crippen LogP) is 3.94. The van der Waals surface area contributed by atoms with Gasteiger partial charge in [-0.1, -0.05) is 60.7 Å². The van der Waals surface area contributed by atoms with Crippen LogP contribution in [-0.4, -0.2) is 13.1 Å². The van der Waals surface area contributed by atoms with Crippen LogP contribution in [0.25, 0.3) is 0 Å². The van der Waals surface area contributed by atoms with Crippen LogP contribution in [0.4, 0.5) is 0 Å². The Morgan fingerprint density at radius 3 is 1.47 bits per heavy atom. The van der Waals surface area contributed by atoms with Crippen molar-refractivity contribution in [3.05, 3.63) is 71.8 Å².